The number of rotatable bonds is 12. The minimum absolute atomic E-state index is 0. The second kappa shape index (κ2) is 14.8. The predicted molar refractivity (Wildman–Crippen MR) is 109 cm³/mol. The van der Waals surface area contributed by atoms with Gasteiger partial charge in [-0.15, -0.1) is 24.0 Å². The van der Waals surface area contributed by atoms with Crippen LogP contribution in [0.3, 0.4) is 0 Å². The molecule has 0 amide bonds. The Morgan fingerprint density at radius 1 is 1.17 bits per heavy atom. The Kier molecular flexibility index (Phi) is 14.3. The van der Waals surface area contributed by atoms with Crippen LogP contribution in [0.15, 0.2) is 17.4 Å². The molecule has 1 aromatic rings. The predicted octanol–water partition coefficient (Wildman–Crippen LogP) is 3.85. The van der Waals surface area contributed by atoms with Gasteiger partial charge in [-0.25, -0.2) is 4.98 Å². The highest BCUT2D eigenvalue weighted by Gasteiger charge is 1.97. The summed E-state index contributed by atoms with van der Waals surface area (Å²) in [7, 11) is 0. The number of nitrogens with two attached hydrogens (primary N) is 1. The van der Waals surface area contributed by atoms with E-state index < -0.39 is 0 Å². The normalized spacial score (nSPS) is 11.3. The van der Waals surface area contributed by atoms with E-state index in [1.165, 1.54) is 32.1 Å². The lowest BCUT2D eigenvalue weighted by Crippen LogP contribution is -2.32. The van der Waals surface area contributed by atoms with E-state index in [1.54, 1.807) is 0 Å². The number of nitrogens with zero attached hydrogens (tertiary/aromatic N) is 3. The highest BCUT2D eigenvalue weighted by Crippen LogP contribution is 2.04. The second-order valence-electron chi connectivity index (χ2n) is 5.84. The lowest BCUT2D eigenvalue weighted by atomic mass is 10.1. The number of hydrogen-bond acceptors (Lipinski definition) is 2. The molecule has 0 atom stereocenters. The number of nitrogens with one attached hydrogen (secondary N) is 1. The first-order chi connectivity index (χ1) is 10.7. The van der Waals surface area contributed by atoms with E-state index in [0.29, 0.717) is 5.96 Å². The minimum atomic E-state index is 0. The number of aromatic nitrogens is 2. The molecule has 0 aromatic carbocycles. The molecule has 1 rings (SSSR count). The zero-order valence-corrected chi connectivity index (χ0v) is 17.1. The molecule has 5 nitrogen and oxygen atoms in total. The minimum Gasteiger partial charge on any atom is -0.370 e. The van der Waals surface area contributed by atoms with Crippen molar-refractivity contribution < 1.29 is 0 Å². The molecular formula is C17H34IN5. The summed E-state index contributed by atoms with van der Waals surface area (Å²) in [5.74, 6) is 1.67. The smallest absolute Gasteiger partial charge is 0.188 e. The van der Waals surface area contributed by atoms with Gasteiger partial charge in [0.25, 0.3) is 0 Å². The molecule has 6 heteroatoms. The fourth-order valence-electron chi connectivity index (χ4n) is 2.41. The van der Waals surface area contributed by atoms with Crippen LogP contribution in [0.2, 0.25) is 0 Å². The van der Waals surface area contributed by atoms with Crippen LogP contribution >= 0.6 is 24.0 Å². The van der Waals surface area contributed by atoms with Crippen LogP contribution < -0.4 is 11.1 Å². The highest BCUT2D eigenvalue weighted by molar-refractivity contribution is 14.0. The maximum Gasteiger partial charge on any atom is 0.188 e. The maximum absolute atomic E-state index is 5.86. The molecule has 134 valence electrons. The van der Waals surface area contributed by atoms with Crippen LogP contribution in [0.25, 0.3) is 0 Å². The first-order valence-corrected chi connectivity index (χ1v) is 8.75. The van der Waals surface area contributed by atoms with Crippen molar-refractivity contribution in [3.8, 4) is 0 Å². The van der Waals surface area contributed by atoms with E-state index in [2.05, 4.69) is 26.8 Å². The lowest BCUT2D eigenvalue weighted by molar-refractivity contribution is 0.589. The van der Waals surface area contributed by atoms with E-state index in [1.807, 2.05) is 19.3 Å². The van der Waals surface area contributed by atoms with E-state index in [0.717, 1.165) is 44.7 Å². The van der Waals surface area contributed by atoms with Crippen molar-refractivity contribution in [1.82, 2.24) is 14.9 Å². The lowest BCUT2D eigenvalue weighted by Gasteiger charge is -2.07. The summed E-state index contributed by atoms with van der Waals surface area (Å²) in [4.78, 5) is 8.59. The molecule has 0 spiro atoms. The average molecular weight is 435 g/mol. The number of hydrogen-bond donors (Lipinski definition) is 2. The topological polar surface area (TPSA) is 68.2 Å². The Hall–Kier alpha value is -0.790. The Balaban J connectivity index is 0.00000484. The van der Waals surface area contributed by atoms with E-state index >= 15 is 0 Å². The van der Waals surface area contributed by atoms with Crippen molar-refractivity contribution in [3.63, 3.8) is 0 Å². The molecule has 0 aliphatic carbocycles. The van der Waals surface area contributed by atoms with Gasteiger partial charge in [0.1, 0.15) is 5.82 Å². The van der Waals surface area contributed by atoms with Crippen LogP contribution in [-0.2, 0) is 6.54 Å². The van der Waals surface area contributed by atoms with Gasteiger partial charge in [-0.2, -0.15) is 0 Å². The Bertz CT molecular complexity index is 417. The Labute approximate surface area is 158 Å². The monoisotopic (exact) mass is 435 g/mol. The van der Waals surface area contributed by atoms with Crippen LogP contribution in [0.4, 0.5) is 0 Å². The third kappa shape index (κ3) is 11.4. The number of aliphatic imine (C=N–C) groups is 1. The molecule has 1 heterocycles. The molecule has 0 unspecified atom stereocenters. The van der Waals surface area contributed by atoms with Gasteiger partial charge in [-0.1, -0.05) is 39.0 Å². The van der Waals surface area contributed by atoms with Gasteiger partial charge in [0.05, 0.1) is 0 Å². The van der Waals surface area contributed by atoms with Crippen molar-refractivity contribution in [1.29, 1.82) is 0 Å². The van der Waals surface area contributed by atoms with Crippen molar-refractivity contribution in [2.45, 2.75) is 71.8 Å². The van der Waals surface area contributed by atoms with E-state index in [-0.39, 0.29) is 24.0 Å². The average Bonchev–Trinajstić information content (AvgIpc) is 2.91. The van der Waals surface area contributed by atoms with Gasteiger partial charge in [-0.3, -0.25) is 4.99 Å². The molecule has 3 N–H and O–H groups in total. The van der Waals surface area contributed by atoms with E-state index in [9.17, 15) is 0 Å². The van der Waals surface area contributed by atoms with Gasteiger partial charge < -0.3 is 15.6 Å². The molecule has 0 radical (unpaired) electrons. The zero-order valence-electron chi connectivity index (χ0n) is 14.8. The summed E-state index contributed by atoms with van der Waals surface area (Å²) >= 11 is 0. The SMILES string of the molecule is CCCCCCCCN=C(N)NCCCCn1ccnc1C.I. The summed E-state index contributed by atoms with van der Waals surface area (Å²) in [6.45, 7) is 7.03. The third-order valence-corrected chi connectivity index (χ3v) is 3.85. The number of halogens is 1. The summed E-state index contributed by atoms with van der Waals surface area (Å²) in [6.07, 6.45) is 13.8. The molecular weight excluding hydrogens is 401 g/mol. The first-order valence-electron chi connectivity index (χ1n) is 8.75. The number of guanidine groups is 1. The number of unbranched alkanes of at least 4 members (excludes halogenated alkanes) is 6. The van der Waals surface area contributed by atoms with Crippen molar-refractivity contribution in [2.24, 2.45) is 10.7 Å². The standard InChI is InChI=1S/C17H33N5.HI/c1-3-4-5-6-7-8-11-20-17(18)21-12-9-10-14-22-15-13-19-16(22)2;/h13,15H,3-12,14H2,1-2H3,(H3,18,20,21);1H. The summed E-state index contributed by atoms with van der Waals surface area (Å²) < 4.78 is 2.18. The molecule has 0 aliphatic heterocycles. The van der Waals surface area contributed by atoms with Crippen LogP contribution in [0.1, 0.15) is 64.1 Å². The van der Waals surface area contributed by atoms with Crippen LogP contribution in [0, 0.1) is 6.92 Å². The largest absolute Gasteiger partial charge is 0.370 e. The Morgan fingerprint density at radius 2 is 1.91 bits per heavy atom. The second-order valence-corrected chi connectivity index (χ2v) is 5.84. The maximum atomic E-state index is 5.86. The molecule has 0 saturated heterocycles. The summed E-state index contributed by atoms with van der Waals surface area (Å²) in [5.41, 5.74) is 5.86. The van der Waals surface area contributed by atoms with Crippen LogP contribution in [-0.4, -0.2) is 28.6 Å². The molecule has 0 bridgehead atoms. The Morgan fingerprint density at radius 3 is 2.61 bits per heavy atom. The third-order valence-electron chi connectivity index (χ3n) is 3.85. The number of aryl methyl sites for hydroxylation is 2. The van der Waals surface area contributed by atoms with Crippen molar-refractivity contribution in [2.75, 3.05) is 13.1 Å². The molecule has 0 aliphatic rings. The van der Waals surface area contributed by atoms with Crippen molar-refractivity contribution in [3.05, 3.63) is 18.2 Å². The summed E-state index contributed by atoms with van der Waals surface area (Å²) in [6, 6.07) is 0. The van der Waals surface area contributed by atoms with Gasteiger partial charge >= 0.3 is 0 Å². The first kappa shape index (κ1) is 22.2. The number of imidazole rings is 1. The summed E-state index contributed by atoms with van der Waals surface area (Å²) in [5, 5.41) is 3.19. The fourth-order valence-corrected chi connectivity index (χ4v) is 2.41. The quantitative estimate of drug-likeness (QED) is 0.227. The fraction of sp³-hybridized carbons (Fsp3) is 0.765. The zero-order chi connectivity index (χ0) is 16.0. The molecule has 0 saturated carbocycles. The van der Waals surface area contributed by atoms with Gasteiger partial charge in [0.2, 0.25) is 0 Å². The highest BCUT2D eigenvalue weighted by atomic mass is 127. The molecule has 23 heavy (non-hydrogen) atoms. The molecule has 1 aromatic heterocycles. The van der Waals surface area contributed by atoms with E-state index in [4.69, 9.17) is 5.73 Å². The van der Waals surface area contributed by atoms with Crippen molar-refractivity contribution >= 4 is 29.9 Å². The van der Waals surface area contributed by atoms with Gasteiger partial charge in [-0.05, 0) is 26.2 Å². The molecule has 0 fully saturated rings. The van der Waals surface area contributed by atoms with Crippen LogP contribution in [0.5, 0.6) is 0 Å². The van der Waals surface area contributed by atoms with Gasteiger partial charge in [0, 0.05) is 32.0 Å². The van der Waals surface area contributed by atoms with Gasteiger partial charge in [0.15, 0.2) is 5.96 Å².